The normalized spacial score (nSPS) is 17.3. The Morgan fingerprint density at radius 1 is 1.19 bits per heavy atom. The highest BCUT2D eigenvalue weighted by molar-refractivity contribution is 5.92. The Morgan fingerprint density at radius 3 is 2.88 bits per heavy atom. The topological polar surface area (TPSA) is 74.8 Å². The van der Waals surface area contributed by atoms with Crippen molar-refractivity contribution < 1.29 is 9.18 Å². The molecule has 0 bridgehead atoms. The summed E-state index contributed by atoms with van der Waals surface area (Å²) in [6, 6.07) is 8.03. The van der Waals surface area contributed by atoms with E-state index in [9.17, 15) is 9.18 Å². The number of nitrogens with one attached hydrogen (secondary N) is 1. The minimum absolute atomic E-state index is 0.0580. The van der Waals surface area contributed by atoms with Gasteiger partial charge in [0.05, 0.1) is 11.4 Å². The summed E-state index contributed by atoms with van der Waals surface area (Å²) in [6.07, 6.45) is 6.62. The Balaban J connectivity index is 1.62. The number of aromatic amines is 1. The molecule has 0 aliphatic carbocycles. The molecule has 0 unspecified atom stereocenters. The number of carbonyl (C=O) groups is 1. The van der Waals surface area contributed by atoms with Crippen LogP contribution in [-0.4, -0.2) is 44.1 Å². The number of hydrogen-bond donors (Lipinski definition) is 1. The van der Waals surface area contributed by atoms with Gasteiger partial charge in [-0.15, -0.1) is 0 Å². The van der Waals surface area contributed by atoms with Gasteiger partial charge < -0.3 is 4.90 Å². The molecule has 3 heterocycles. The maximum Gasteiger partial charge on any atom is 0.271 e. The zero-order valence-electron chi connectivity index (χ0n) is 14.1. The second kappa shape index (κ2) is 7.03. The van der Waals surface area contributed by atoms with Crippen LogP contribution in [0.3, 0.4) is 0 Å². The summed E-state index contributed by atoms with van der Waals surface area (Å²) < 4.78 is 13.6. The molecular formula is C19H18FN5O. The summed E-state index contributed by atoms with van der Waals surface area (Å²) in [6.45, 7) is 1.25. The number of amides is 1. The average Bonchev–Trinajstić information content (AvgIpc) is 3.22. The van der Waals surface area contributed by atoms with Crippen molar-refractivity contribution in [2.45, 2.75) is 18.8 Å². The van der Waals surface area contributed by atoms with Gasteiger partial charge in [0.1, 0.15) is 11.5 Å². The zero-order valence-corrected chi connectivity index (χ0v) is 14.1. The van der Waals surface area contributed by atoms with Gasteiger partial charge >= 0.3 is 0 Å². The van der Waals surface area contributed by atoms with Crippen LogP contribution >= 0.6 is 0 Å². The maximum atomic E-state index is 13.6. The van der Waals surface area contributed by atoms with Gasteiger partial charge in [-0.2, -0.15) is 5.10 Å². The first kappa shape index (κ1) is 16.4. The fourth-order valence-electron chi connectivity index (χ4n) is 3.44. The molecule has 1 aliphatic heterocycles. The molecule has 1 fully saturated rings. The Hall–Kier alpha value is -3.09. The van der Waals surface area contributed by atoms with E-state index in [1.807, 2.05) is 11.0 Å². The number of likely N-dealkylation sites (tertiary alicyclic amines) is 1. The number of aromatic nitrogens is 4. The lowest BCUT2D eigenvalue weighted by Crippen LogP contribution is -2.39. The molecule has 3 aromatic rings. The SMILES string of the molecule is O=C(c1ccn[nH]1)N1CCC[C@H](c2nccnc2-c2cccc(F)c2)C1. The van der Waals surface area contributed by atoms with Crippen molar-refractivity contribution in [3.05, 3.63) is 66.1 Å². The number of piperidine rings is 1. The lowest BCUT2D eigenvalue weighted by atomic mass is 9.91. The van der Waals surface area contributed by atoms with Gasteiger partial charge in [-0.05, 0) is 31.0 Å². The number of benzene rings is 1. The molecule has 1 aliphatic rings. The summed E-state index contributed by atoms with van der Waals surface area (Å²) in [5.74, 6) is -0.315. The molecule has 1 amide bonds. The molecule has 26 heavy (non-hydrogen) atoms. The van der Waals surface area contributed by atoms with Gasteiger partial charge in [0.15, 0.2) is 0 Å². The molecule has 1 aromatic carbocycles. The van der Waals surface area contributed by atoms with Crippen molar-refractivity contribution >= 4 is 5.91 Å². The van der Waals surface area contributed by atoms with Crippen LogP contribution in [0.15, 0.2) is 48.9 Å². The summed E-state index contributed by atoms with van der Waals surface area (Å²) in [5.41, 5.74) is 2.66. The van der Waals surface area contributed by atoms with Crippen LogP contribution in [0.1, 0.15) is 34.9 Å². The molecule has 6 nitrogen and oxygen atoms in total. The van der Waals surface area contributed by atoms with Crippen LogP contribution in [0.25, 0.3) is 11.3 Å². The predicted octanol–water partition coefficient (Wildman–Crippen LogP) is 3.03. The third-order valence-electron chi connectivity index (χ3n) is 4.65. The van der Waals surface area contributed by atoms with Crippen molar-refractivity contribution in [1.29, 1.82) is 0 Å². The highest BCUT2D eigenvalue weighted by atomic mass is 19.1. The highest BCUT2D eigenvalue weighted by Crippen LogP contribution is 2.32. The zero-order chi connectivity index (χ0) is 17.9. The summed E-state index contributed by atoms with van der Waals surface area (Å²) >= 11 is 0. The van der Waals surface area contributed by atoms with Crippen LogP contribution in [-0.2, 0) is 0 Å². The lowest BCUT2D eigenvalue weighted by Gasteiger charge is -2.32. The van der Waals surface area contributed by atoms with Gasteiger partial charge in [0.2, 0.25) is 0 Å². The minimum atomic E-state index is -0.307. The molecular weight excluding hydrogens is 333 g/mol. The monoisotopic (exact) mass is 351 g/mol. The number of hydrogen-bond acceptors (Lipinski definition) is 4. The molecule has 0 saturated carbocycles. The number of carbonyl (C=O) groups excluding carboxylic acids is 1. The second-order valence-electron chi connectivity index (χ2n) is 6.36. The lowest BCUT2D eigenvalue weighted by molar-refractivity contribution is 0.0700. The van der Waals surface area contributed by atoms with Gasteiger partial charge in [-0.25, -0.2) is 4.39 Å². The van der Waals surface area contributed by atoms with Gasteiger partial charge in [0, 0.05) is 43.2 Å². The summed E-state index contributed by atoms with van der Waals surface area (Å²) in [4.78, 5) is 23.4. The minimum Gasteiger partial charge on any atom is -0.337 e. The number of H-pyrrole nitrogens is 1. The van der Waals surface area contributed by atoms with Gasteiger partial charge in [-0.1, -0.05) is 12.1 Å². The van der Waals surface area contributed by atoms with Gasteiger partial charge in [-0.3, -0.25) is 19.9 Å². The summed E-state index contributed by atoms with van der Waals surface area (Å²) in [7, 11) is 0. The van der Waals surface area contributed by atoms with Crippen LogP contribution in [0.5, 0.6) is 0 Å². The first-order valence-corrected chi connectivity index (χ1v) is 8.58. The Kier molecular flexibility index (Phi) is 4.43. The van der Waals surface area contributed by atoms with E-state index < -0.39 is 0 Å². The Morgan fingerprint density at radius 2 is 2.08 bits per heavy atom. The number of halogens is 1. The maximum absolute atomic E-state index is 13.6. The van der Waals surface area contributed by atoms with Crippen molar-refractivity contribution in [1.82, 2.24) is 25.1 Å². The first-order chi connectivity index (χ1) is 12.7. The van der Waals surface area contributed by atoms with E-state index in [0.717, 1.165) is 18.5 Å². The molecule has 2 aromatic heterocycles. The molecule has 1 atom stereocenters. The van der Waals surface area contributed by atoms with Crippen LogP contribution in [0.4, 0.5) is 4.39 Å². The molecule has 7 heteroatoms. The fourth-order valence-corrected chi connectivity index (χ4v) is 3.44. The second-order valence-corrected chi connectivity index (χ2v) is 6.36. The van der Waals surface area contributed by atoms with Crippen molar-refractivity contribution in [2.24, 2.45) is 0 Å². The van der Waals surface area contributed by atoms with E-state index in [2.05, 4.69) is 20.2 Å². The molecule has 0 spiro atoms. The Labute approximate surface area is 150 Å². The third kappa shape index (κ3) is 3.20. The smallest absolute Gasteiger partial charge is 0.271 e. The largest absolute Gasteiger partial charge is 0.337 e. The van der Waals surface area contributed by atoms with E-state index in [-0.39, 0.29) is 17.6 Å². The molecule has 1 N–H and O–H groups in total. The molecule has 1 saturated heterocycles. The first-order valence-electron chi connectivity index (χ1n) is 8.58. The molecule has 0 radical (unpaired) electrons. The van der Waals surface area contributed by atoms with E-state index in [1.54, 1.807) is 30.7 Å². The molecule has 4 rings (SSSR count). The average molecular weight is 351 g/mol. The fraction of sp³-hybridized carbons (Fsp3) is 0.263. The third-order valence-corrected chi connectivity index (χ3v) is 4.65. The van der Waals surface area contributed by atoms with E-state index >= 15 is 0 Å². The van der Waals surface area contributed by atoms with Crippen LogP contribution in [0, 0.1) is 5.82 Å². The Bertz CT molecular complexity index is 912. The van der Waals surface area contributed by atoms with Crippen molar-refractivity contribution in [3.8, 4) is 11.3 Å². The van der Waals surface area contributed by atoms with Crippen molar-refractivity contribution in [2.75, 3.05) is 13.1 Å². The summed E-state index contributed by atoms with van der Waals surface area (Å²) in [5, 5.41) is 6.57. The molecule has 132 valence electrons. The number of rotatable bonds is 3. The number of nitrogens with zero attached hydrogens (tertiary/aromatic N) is 4. The van der Waals surface area contributed by atoms with Crippen LogP contribution < -0.4 is 0 Å². The van der Waals surface area contributed by atoms with E-state index in [0.29, 0.717) is 30.0 Å². The standard InChI is InChI=1S/C19H18FN5O/c20-15-5-1-3-13(11-15)17-18(22-9-8-21-17)14-4-2-10-25(12-14)19(26)16-6-7-23-24-16/h1,3,5-9,11,14H,2,4,10,12H2,(H,23,24)/t14-/m0/s1. The van der Waals surface area contributed by atoms with E-state index in [4.69, 9.17) is 0 Å². The van der Waals surface area contributed by atoms with Gasteiger partial charge in [0.25, 0.3) is 5.91 Å². The van der Waals surface area contributed by atoms with E-state index in [1.165, 1.54) is 12.1 Å². The predicted molar refractivity (Wildman–Crippen MR) is 93.9 cm³/mol. The quantitative estimate of drug-likeness (QED) is 0.787. The van der Waals surface area contributed by atoms with Crippen molar-refractivity contribution in [3.63, 3.8) is 0 Å². The van der Waals surface area contributed by atoms with Crippen LogP contribution in [0.2, 0.25) is 0 Å². The highest BCUT2D eigenvalue weighted by Gasteiger charge is 2.29.